The lowest BCUT2D eigenvalue weighted by Crippen LogP contribution is -2.02. The second-order valence-electron chi connectivity index (χ2n) is 4.64. The van der Waals surface area contributed by atoms with E-state index in [0.717, 1.165) is 17.8 Å². The third-order valence-corrected chi connectivity index (χ3v) is 3.21. The smallest absolute Gasteiger partial charge is 0.0494 e. The largest absolute Gasteiger partial charge is 0.381 e. The van der Waals surface area contributed by atoms with Gasteiger partial charge in [-0.1, -0.05) is 47.5 Å². The van der Waals surface area contributed by atoms with E-state index in [-0.39, 0.29) is 0 Å². The van der Waals surface area contributed by atoms with Crippen molar-refractivity contribution in [3.8, 4) is 0 Å². The zero-order valence-corrected chi connectivity index (χ0v) is 11.6. The highest BCUT2D eigenvalue weighted by Gasteiger charge is 2.01. The van der Waals surface area contributed by atoms with Crippen molar-refractivity contribution in [3.63, 3.8) is 0 Å². The molecule has 2 aromatic rings. The van der Waals surface area contributed by atoms with E-state index in [0.29, 0.717) is 5.88 Å². The molecule has 18 heavy (non-hydrogen) atoms. The van der Waals surface area contributed by atoms with E-state index in [1.54, 1.807) is 0 Å². The van der Waals surface area contributed by atoms with Crippen molar-refractivity contribution in [2.45, 2.75) is 26.3 Å². The van der Waals surface area contributed by atoms with Gasteiger partial charge in [-0.2, -0.15) is 0 Å². The van der Waals surface area contributed by atoms with Crippen molar-refractivity contribution in [2.24, 2.45) is 0 Å². The lowest BCUT2D eigenvalue weighted by atomic mass is 10.1. The zero-order valence-electron chi connectivity index (χ0n) is 10.8. The molecule has 0 amide bonds. The minimum absolute atomic E-state index is 0.538. The Labute approximate surface area is 114 Å². The Bertz CT molecular complexity index is 514. The summed E-state index contributed by atoms with van der Waals surface area (Å²) in [4.78, 5) is 0. The van der Waals surface area contributed by atoms with Gasteiger partial charge in [-0.3, -0.25) is 0 Å². The Kier molecular flexibility index (Phi) is 4.27. The molecule has 0 aliphatic carbocycles. The molecule has 2 aromatic carbocycles. The third kappa shape index (κ3) is 3.27. The number of halogens is 1. The molecule has 2 rings (SSSR count). The lowest BCUT2D eigenvalue weighted by molar-refractivity contribution is 1.12. The molecule has 1 nitrogen and oxygen atoms in total. The van der Waals surface area contributed by atoms with Crippen molar-refractivity contribution in [3.05, 3.63) is 64.7 Å². The molecule has 2 heteroatoms. The summed E-state index contributed by atoms with van der Waals surface area (Å²) in [5.74, 6) is 0.538. The highest BCUT2D eigenvalue weighted by atomic mass is 35.5. The number of hydrogen-bond donors (Lipinski definition) is 1. The molecule has 0 bridgehead atoms. The maximum absolute atomic E-state index is 5.92. The molecule has 0 aliphatic rings. The molecule has 0 saturated carbocycles. The van der Waals surface area contributed by atoms with E-state index < -0.39 is 0 Å². The second-order valence-corrected chi connectivity index (χ2v) is 4.91. The first kappa shape index (κ1) is 13.0. The molecular weight excluding hydrogens is 242 g/mol. The van der Waals surface area contributed by atoms with Crippen LogP contribution in [0.5, 0.6) is 0 Å². The van der Waals surface area contributed by atoms with Gasteiger partial charge in [0.25, 0.3) is 0 Å². The van der Waals surface area contributed by atoms with Crippen molar-refractivity contribution >= 4 is 17.3 Å². The first-order chi connectivity index (χ1) is 8.69. The summed E-state index contributed by atoms with van der Waals surface area (Å²) in [6.45, 7) is 5.09. The molecule has 1 N–H and O–H groups in total. The van der Waals surface area contributed by atoms with Gasteiger partial charge in [0.15, 0.2) is 0 Å². The van der Waals surface area contributed by atoms with Crippen LogP contribution < -0.4 is 5.32 Å². The van der Waals surface area contributed by atoms with Crippen LogP contribution >= 0.6 is 11.6 Å². The highest BCUT2D eigenvalue weighted by molar-refractivity contribution is 6.17. The maximum Gasteiger partial charge on any atom is 0.0494 e. The van der Waals surface area contributed by atoms with Crippen molar-refractivity contribution in [1.29, 1.82) is 0 Å². The van der Waals surface area contributed by atoms with E-state index in [1.807, 2.05) is 12.1 Å². The Morgan fingerprint density at radius 3 is 2.33 bits per heavy atom. The first-order valence-corrected chi connectivity index (χ1v) is 6.67. The van der Waals surface area contributed by atoms with E-state index >= 15 is 0 Å². The number of para-hydroxylation sites is 1. The number of aryl methyl sites for hydroxylation is 2. The average Bonchev–Trinajstić information content (AvgIpc) is 2.35. The highest BCUT2D eigenvalue weighted by Crippen LogP contribution is 2.18. The molecule has 0 heterocycles. The Morgan fingerprint density at radius 1 is 1.00 bits per heavy atom. The molecule has 0 spiro atoms. The minimum Gasteiger partial charge on any atom is -0.381 e. The Balaban J connectivity index is 2.11. The fourth-order valence-corrected chi connectivity index (χ4v) is 2.41. The standard InChI is InChI=1S/C16H18ClN/c1-12-7-13(2)9-14(8-12)11-18-16-6-4-3-5-15(16)10-17/h3-9,18H,10-11H2,1-2H3. The van der Waals surface area contributed by atoms with Gasteiger partial charge in [0.05, 0.1) is 0 Å². The van der Waals surface area contributed by atoms with Gasteiger partial charge in [0.1, 0.15) is 0 Å². The lowest BCUT2D eigenvalue weighted by Gasteiger charge is -2.11. The number of alkyl halides is 1. The van der Waals surface area contributed by atoms with Crippen LogP contribution in [0, 0.1) is 13.8 Å². The summed E-state index contributed by atoms with van der Waals surface area (Å²) < 4.78 is 0. The molecule has 0 radical (unpaired) electrons. The molecule has 0 aromatic heterocycles. The first-order valence-electron chi connectivity index (χ1n) is 6.14. The van der Waals surface area contributed by atoms with Crippen molar-refractivity contribution in [1.82, 2.24) is 0 Å². The van der Waals surface area contributed by atoms with Crippen LogP contribution in [0.3, 0.4) is 0 Å². The van der Waals surface area contributed by atoms with Crippen molar-refractivity contribution in [2.75, 3.05) is 5.32 Å². The van der Waals surface area contributed by atoms with Crippen LogP contribution in [0.25, 0.3) is 0 Å². The fraction of sp³-hybridized carbons (Fsp3) is 0.250. The van der Waals surface area contributed by atoms with Gasteiger partial charge in [-0.25, -0.2) is 0 Å². The molecule has 0 unspecified atom stereocenters. The Morgan fingerprint density at radius 2 is 1.67 bits per heavy atom. The topological polar surface area (TPSA) is 12.0 Å². The van der Waals surface area contributed by atoms with Crippen LogP contribution in [0.15, 0.2) is 42.5 Å². The summed E-state index contributed by atoms with van der Waals surface area (Å²) in [6, 6.07) is 14.8. The van der Waals surface area contributed by atoms with Crippen molar-refractivity contribution < 1.29 is 0 Å². The summed E-state index contributed by atoms with van der Waals surface area (Å²) in [5, 5.41) is 3.45. The molecule has 0 atom stereocenters. The molecule has 94 valence electrons. The molecule has 0 saturated heterocycles. The van der Waals surface area contributed by atoms with E-state index in [4.69, 9.17) is 11.6 Å². The Hall–Kier alpha value is -1.47. The third-order valence-electron chi connectivity index (χ3n) is 2.93. The van der Waals surface area contributed by atoms with Crippen LogP contribution in [0.2, 0.25) is 0 Å². The van der Waals surface area contributed by atoms with Crippen LogP contribution in [0.1, 0.15) is 22.3 Å². The van der Waals surface area contributed by atoms with E-state index in [1.165, 1.54) is 16.7 Å². The number of rotatable bonds is 4. The van der Waals surface area contributed by atoms with Gasteiger partial charge < -0.3 is 5.32 Å². The van der Waals surface area contributed by atoms with Crippen LogP contribution in [-0.4, -0.2) is 0 Å². The quantitative estimate of drug-likeness (QED) is 0.788. The van der Waals surface area contributed by atoms with E-state index in [2.05, 4.69) is 49.5 Å². The van der Waals surface area contributed by atoms with Gasteiger partial charge in [-0.05, 0) is 31.0 Å². The van der Waals surface area contributed by atoms with Crippen LogP contribution in [-0.2, 0) is 12.4 Å². The van der Waals surface area contributed by atoms with Gasteiger partial charge in [-0.15, -0.1) is 11.6 Å². The fourth-order valence-electron chi connectivity index (χ4n) is 2.18. The van der Waals surface area contributed by atoms with E-state index in [9.17, 15) is 0 Å². The summed E-state index contributed by atoms with van der Waals surface area (Å²) in [6.07, 6.45) is 0. The second kappa shape index (κ2) is 5.92. The molecular formula is C16H18ClN. The maximum atomic E-state index is 5.92. The number of anilines is 1. The summed E-state index contributed by atoms with van der Waals surface area (Å²) in [5.41, 5.74) is 6.17. The van der Waals surface area contributed by atoms with Gasteiger partial charge in [0, 0.05) is 18.1 Å². The molecule has 0 aliphatic heterocycles. The number of hydrogen-bond acceptors (Lipinski definition) is 1. The number of benzene rings is 2. The minimum atomic E-state index is 0.538. The number of nitrogens with one attached hydrogen (secondary N) is 1. The average molecular weight is 260 g/mol. The predicted molar refractivity (Wildman–Crippen MR) is 79.2 cm³/mol. The van der Waals surface area contributed by atoms with Crippen LogP contribution in [0.4, 0.5) is 5.69 Å². The summed E-state index contributed by atoms with van der Waals surface area (Å²) >= 11 is 5.92. The summed E-state index contributed by atoms with van der Waals surface area (Å²) in [7, 11) is 0. The monoisotopic (exact) mass is 259 g/mol. The predicted octanol–water partition coefficient (Wildman–Crippen LogP) is 4.65. The molecule has 0 fully saturated rings. The van der Waals surface area contributed by atoms with Gasteiger partial charge in [0.2, 0.25) is 0 Å². The SMILES string of the molecule is Cc1cc(C)cc(CNc2ccccc2CCl)c1. The zero-order chi connectivity index (χ0) is 13.0. The normalized spacial score (nSPS) is 10.4. The van der Waals surface area contributed by atoms with Gasteiger partial charge >= 0.3 is 0 Å².